The molecule has 1 amide bonds. The summed E-state index contributed by atoms with van der Waals surface area (Å²) in [5.41, 5.74) is 8.55. The van der Waals surface area contributed by atoms with Gasteiger partial charge in [0, 0.05) is 24.4 Å². The Morgan fingerprint density at radius 1 is 1.00 bits per heavy atom. The van der Waals surface area contributed by atoms with Crippen molar-refractivity contribution in [2.24, 2.45) is 23.5 Å². The summed E-state index contributed by atoms with van der Waals surface area (Å²) in [7, 11) is 0. The van der Waals surface area contributed by atoms with Gasteiger partial charge in [-0.3, -0.25) is 9.78 Å². The van der Waals surface area contributed by atoms with Crippen LogP contribution in [0.15, 0.2) is 54.9 Å². The van der Waals surface area contributed by atoms with Crippen molar-refractivity contribution in [2.75, 3.05) is 0 Å². The van der Waals surface area contributed by atoms with Crippen LogP contribution in [0.1, 0.15) is 49.3 Å². The van der Waals surface area contributed by atoms with Gasteiger partial charge >= 0.3 is 0 Å². The van der Waals surface area contributed by atoms with E-state index in [0.29, 0.717) is 11.8 Å². The molecule has 2 aromatic rings. The normalized spacial score (nSPS) is 29.0. The van der Waals surface area contributed by atoms with E-state index < -0.39 is 0 Å². The molecule has 2 aliphatic rings. The first-order valence-electron chi connectivity index (χ1n) is 9.73. The molecule has 0 saturated heterocycles. The molecule has 26 heavy (non-hydrogen) atoms. The van der Waals surface area contributed by atoms with Crippen molar-refractivity contribution in [1.29, 1.82) is 0 Å². The minimum absolute atomic E-state index is 0.0816. The first-order valence-corrected chi connectivity index (χ1v) is 9.73. The smallest absolute Gasteiger partial charge is 0.223 e. The van der Waals surface area contributed by atoms with Crippen LogP contribution in [0, 0.1) is 17.8 Å². The number of hydrogen-bond donors (Lipinski definition) is 2. The van der Waals surface area contributed by atoms with Crippen molar-refractivity contribution in [2.45, 2.75) is 44.2 Å². The summed E-state index contributed by atoms with van der Waals surface area (Å²) in [4.78, 5) is 17.2. The van der Waals surface area contributed by atoms with E-state index in [1.807, 2.05) is 30.3 Å². The molecule has 2 saturated carbocycles. The molecule has 2 bridgehead atoms. The number of carbonyl (C=O) groups excluding carboxylic acids is 1. The van der Waals surface area contributed by atoms with Crippen molar-refractivity contribution in [3.63, 3.8) is 0 Å². The van der Waals surface area contributed by atoms with E-state index in [0.717, 1.165) is 24.0 Å². The Hall–Kier alpha value is -2.20. The molecule has 2 fully saturated rings. The number of carbonyl (C=O) groups is 1. The summed E-state index contributed by atoms with van der Waals surface area (Å²) >= 11 is 0. The summed E-state index contributed by atoms with van der Waals surface area (Å²) in [6.45, 7) is 0. The molecule has 2 aliphatic carbocycles. The van der Waals surface area contributed by atoms with Crippen LogP contribution in [0.2, 0.25) is 0 Å². The fraction of sp³-hybridized carbons (Fsp3) is 0.455. The Balaban J connectivity index is 1.53. The van der Waals surface area contributed by atoms with Crippen LogP contribution < -0.4 is 11.1 Å². The Kier molecular flexibility index (Phi) is 5.02. The van der Waals surface area contributed by atoms with Crippen molar-refractivity contribution in [3.8, 4) is 0 Å². The van der Waals surface area contributed by atoms with Gasteiger partial charge in [-0.1, -0.05) is 36.8 Å². The van der Waals surface area contributed by atoms with E-state index in [9.17, 15) is 4.79 Å². The van der Waals surface area contributed by atoms with E-state index in [4.69, 9.17) is 5.73 Å². The number of hydrogen-bond acceptors (Lipinski definition) is 3. The lowest BCUT2D eigenvalue weighted by molar-refractivity contribution is -0.128. The third-order valence-corrected chi connectivity index (χ3v) is 6.24. The predicted octanol–water partition coefficient (Wildman–Crippen LogP) is 3.44. The zero-order valence-electron chi connectivity index (χ0n) is 15.1. The van der Waals surface area contributed by atoms with Crippen LogP contribution in [-0.2, 0) is 4.79 Å². The molecule has 3 unspecified atom stereocenters. The van der Waals surface area contributed by atoms with Gasteiger partial charge in [0.25, 0.3) is 0 Å². The Morgan fingerprint density at radius 3 is 2.27 bits per heavy atom. The summed E-state index contributed by atoms with van der Waals surface area (Å²) in [6, 6.07) is 14.3. The van der Waals surface area contributed by atoms with E-state index in [-0.39, 0.29) is 23.9 Å². The molecule has 0 spiro atoms. The molecule has 1 heterocycles. The Morgan fingerprint density at radius 2 is 1.62 bits per heavy atom. The SMILES string of the molecule is NC1C2CCCC1CC(C(=O)NC(c1ccccc1)c1ccncc1)C2. The fourth-order valence-corrected chi connectivity index (χ4v) is 4.82. The third-order valence-electron chi connectivity index (χ3n) is 6.24. The van der Waals surface area contributed by atoms with E-state index in [1.165, 1.54) is 19.3 Å². The molecular weight excluding hydrogens is 322 g/mol. The minimum Gasteiger partial charge on any atom is -0.345 e. The summed E-state index contributed by atoms with van der Waals surface area (Å²) in [6.07, 6.45) is 9.04. The standard InChI is InChI=1S/C22H27N3O/c23-20-17-7-4-8-18(20)14-19(13-17)22(26)25-21(15-5-2-1-3-6-15)16-9-11-24-12-10-16/h1-3,5-6,9-12,17-21H,4,7-8,13-14,23H2,(H,25,26). The lowest BCUT2D eigenvalue weighted by Gasteiger charge is -2.43. The fourth-order valence-electron chi connectivity index (χ4n) is 4.82. The topological polar surface area (TPSA) is 68.0 Å². The number of benzene rings is 1. The number of nitrogens with two attached hydrogens (primary N) is 1. The van der Waals surface area contributed by atoms with Crippen LogP contribution in [-0.4, -0.2) is 16.9 Å². The molecule has 3 atom stereocenters. The van der Waals surface area contributed by atoms with Crippen molar-refractivity contribution in [1.82, 2.24) is 10.3 Å². The van der Waals surface area contributed by atoms with Crippen molar-refractivity contribution in [3.05, 3.63) is 66.0 Å². The molecule has 0 aliphatic heterocycles. The number of pyridine rings is 1. The van der Waals surface area contributed by atoms with Crippen molar-refractivity contribution < 1.29 is 4.79 Å². The maximum absolute atomic E-state index is 13.1. The largest absolute Gasteiger partial charge is 0.345 e. The zero-order chi connectivity index (χ0) is 17.9. The van der Waals surface area contributed by atoms with Gasteiger partial charge < -0.3 is 11.1 Å². The number of nitrogens with one attached hydrogen (secondary N) is 1. The summed E-state index contributed by atoms with van der Waals surface area (Å²) in [5, 5.41) is 3.32. The minimum atomic E-state index is -0.137. The van der Waals surface area contributed by atoms with Gasteiger partial charge in [-0.15, -0.1) is 0 Å². The molecule has 4 nitrogen and oxygen atoms in total. The second-order valence-corrected chi connectivity index (χ2v) is 7.83. The first-order chi connectivity index (χ1) is 12.7. The summed E-state index contributed by atoms with van der Waals surface area (Å²) in [5.74, 6) is 1.27. The zero-order valence-corrected chi connectivity index (χ0v) is 15.1. The summed E-state index contributed by atoms with van der Waals surface area (Å²) < 4.78 is 0. The molecule has 4 rings (SSSR count). The van der Waals surface area contributed by atoms with Gasteiger partial charge in [0.2, 0.25) is 5.91 Å². The lowest BCUT2D eigenvalue weighted by atomic mass is 9.65. The highest BCUT2D eigenvalue weighted by molar-refractivity contribution is 5.79. The highest BCUT2D eigenvalue weighted by Crippen LogP contribution is 2.42. The van der Waals surface area contributed by atoms with Crippen LogP contribution in [0.5, 0.6) is 0 Å². The van der Waals surface area contributed by atoms with Gasteiger partial charge in [0.15, 0.2) is 0 Å². The monoisotopic (exact) mass is 349 g/mol. The second-order valence-electron chi connectivity index (χ2n) is 7.83. The molecular formula is C22H27N3O. The average Bonchev–Trinajstić information content (AvgIpc) is 2.67. The van der Waals surface area contributed by atoms with Gasteiger partial charge in [-0.25, -0.2) is 0 Å². The molecule has 3 N–H and O–H groups in total. The van der Waals surface area contributed by atoms with Crippen LogP contribution >= 0.6 is 0 Å². The van der Waals surface area contributed by atoms with E-state index in [1.54, 1.807) is 12.4 Å². The van der Waals surface area contributed by atoms with Gasteiger partial charge in [0.1, 0.15) is 0 Å². The number of aromatic nitrogens is 1. The van der Waals surface area contributed by atoms with Crippen LogP contribution in [0.3, 0.4) is 0 Å². The maximum Gasteiger partial charge on any atom is 0.223 e. The molecule has 1 aromatic carbocycles. The van der Waals surface area contributed by atoms with Gasteiger partial charge in [0.05, 0.1) is 6.04 Å². The third kappa shape index (κ3) is 3.51. The van der Waals surface area contributed by atoms with E-state index in [2.05, 4.69) is 22.4 Å². The number of nitrogens with zero attached hydrogens (tertiary/aromatic N) is 1. The second kappa shape index (κ2) is 7.58. The molecule has 4 heteroatoms. The Labute approximate surface area is 155 Å². The average molecular weight is 349 g/mol. The number of rotatable bonds is 4. The first kappa shape index (κ1) is 17.2. The van der Waals surface area contributed by atoms with E-state index >= 15 is 0 Å². The number of amides is 1. The van der Waals surface area contributed by atoms with Crippen LogP contribution in [0.25, 0.3) is 0 Å². The number of fused-ring (bicyclic) bond motifs is 2. The highest BCUT2D eigenvalue weighted by Gasteiger charge is 2.40. The lowest BCUT2D eigenvalue weighted by Crippen LogP contribution is -2.49. The Bertz CT molecular complexity index is 680. The van der Waals surface area contributed by atoms with Crippen molar-refractivity contribution >= 4 is 5.91 Å². The van der Waals surface area contributed by atoms with Gasteiger partial charge in [-0.2, -0.15) is 0 Å². The molecule has 136 valence electrons. The van der Waals surface area contributed by atoms with Gasteiger partial charge in [-0.05, 0) is 60.8 Å². The van der Waals surface area contributed by atoms with Crippen LogP contribution in [0.4, 0.5) is 0 Å². The quantitative estimate of drug-likeness (QED) is 0.888. The highest BCUT2D eigenvalue weighted by atomic mass is 16.1. The molecule has 1 aromatic heterocycles. The predicted molar refractivity (Wildman–Crippen MR) is 102 cm³/mol. The maximum atomic E-state index is 13.1. The molecule has 0 radical (unpaired) electrons.